The molecule has 1 aliphatic rings. The summed E-state index contributed by atoms with van der Waals surface area (Å²) in [6, 6.07) is 3.86. The summed E-state index contributed by atoms with van der Waals surface area (Å²) in [5, 5.41) is 3.22. The van der Waals surface area contributed by atoms with Crippen LogP contribution in [0.25, 0.3) is 0 Å². The lowest BCUT2D eigenvalue weighted by molar-refractivity contribution is 0.0957. The van der Waals surface area contributed by atoms with E-state index in [9.17, 15) is 4.79 Å². The minimum absolute atomic E-state index is 0.0113. The van der Waals surface area contributed by atoms with E-state index < -0.39 is 0 Å². The van der Waals surface area contributed by atoms with Gasteiger partial charge in [0, 0.05) is 12.1 Å². The number of nitrogens with two attached hydrogens (primary N) is 1. The van der Waals surface area contributed by atoms with Crippen LogP contribution in [-0.2, 0) is 0 Å². The van der Waals surface area contributed by atoms with E-state index in [1.807, 2.05) is 0 Å². The maximum Gasteiger partial charge on any atom is 0.211 e. The third-order valence-corrected chi connectivity index (χ3v) is 3.14. The second-order valence-corrected chi connectivity index (χ2v) is 4.34. The van der Waals surface area contributed by atoms with Crippen molar-refractivity contribution in [3.63, 3.8) is 0 Å². The number of ketones is 1. The zero-order valence-corrected chi connectivity index (χ0v) is 9.32. The van der Waals surface area contributed by atoms with Crippen molar-refractivity contribution in [3.8, 4) is 0 Å². The molecule has 1 heterocycles. The summed E-state index contributed by atoms with van der Waals surface area (Å²) in [4.78, 5) is 11.7. The van der Waals surface area contributed by atoms with Crippen molar-refractivity contribution in [1.29, 1.82) is 0 Å². The van der Waals surface area contributed by atoms with Crippen molar-refractivity contribution in [2.24, 2.45) is 5.73 Å². The van der Waals surface area contributed by atoms with Gasteiger partial charge in [0.15, 0.2) is 5.76 Å². The molecule has 0 aliphatic heterocycles. The molecule has 2 rings (SSSR count). The number of hydrogen-bond donors (Lipinski definition) is 2. The second-order valence-electron chi connectivity index (χ2n) is 4.34. The number of carbonyl (C=O) groups is 1. The van der Waals surface area contributed by atoms with Crippen LogP contribution in [0.2, 0.25) is 0 Å². The van der Waals surface area contributed by atoms with Gasteiger partial charge in [-0.2, -0.15) is 0 Å². The first-order chi connectivity index (χ1) is 7.77. The van der Waals surface area contributed by atoms with Crippen molar-refractivity contribution in [3.05, 3.63) is 24.2 Å². The summed E-state index contributed by atoms with van der Waals surface area (Å²) >= 11 is 0. The van der Waals surface area contributed by atoms with E-state index in [-0.39, 0.29) is 17.9 Å². The maximum atomic E-state index is 11.7. The average molecular weight is 222 g/mol. The Morgan fingerprint density at radius 1 is 1.50 bits per heavy atom. The van der Waals surface area contributed by atoms with E-state index in [1.165, 1.54) is 19.1 Å². The molecular formula is C12H18N2O2. The van der Waals surface area contributed by atoms with Crippen molar-refractivity contribution >= 4 is 5.78 Å². The lowest BCUT2D eigenvalue weighted by atomic mass is 9.91. The lowest BCUT2D eigenvalue weighted by Gasteiger charge is -2.29. The highest BCUT2D eigenvalue weighted by atomic mass is 16.3. The molecule has 0 spiro atoms. The Labute approximate surface area is 95.2 Å². The summed E-state index contributed by atoms with van der Waals surface area (Å²) in [5.74, 6) is 0.402. The molecule has 88 valence electrons. The fraction of sp³-hybridized carbons (Fsp3) is 0.583. The third-order valence-electron chi connectivity index (χ3n) is 3.14. The number of hydrogen-bond acceptors (Lipinski definition) is 4. The molecule has 1 aromatic heterocycles. The lowest BCUT2D eigenvalue weighted by Crippen LogP contribution is -2.48. The van der Waals surface area contributed by atoms with Gasteiger partial charge >= 0.3 is 0 Å². The van der Waals surface area contributed by atoms with Crippen LogP contribution in [0.1, 0.15) is 36.2 Å². The summed E-state index contributed by atoms with van der Waals surface area (Å²) in [6.45, 7) is 0.311. The summed E-state index contributed by atoms with van der Waals surface area (Å²) in [7, 11) is 0. The van der Waals surface area contributed by atoms with Gasteiger partial charge in [-0.15, -0.1) is 0 Å². The molecule has 0 unspecified atom stereocenters. The van der Waals surface area contributed by atoms with E-state index in [4.69, 9.17) is 10.2 Å². The molecule has 16 heavy (non-hydrogen) atoms. The molecule has 0 saturated heterocycles. The minimum atomic E-state index is -0.0113. The zero-order chi connectivity index (χ0) is 11.4. The van der Waals surface area contributed by atoms with E-state index in [0.717, 1.165) is 12.8 Å². The van der Waals surface area contributed by atoms with Crippen LogP contribution in [-0.4, -0.2) is 24.4 Å². The largest absolute Gasteiger partial charge is 0.461 e. The molecule has 1 aromatic rings. The van der Waals surface area contributed by atoms with Gasteiger partial charge in [0.05, 0.1) is 12.8 Å². The van der Waals surface area contributed by atoms with Crippen LogP contribution in [0.3, 0.4) is 0 Å². The monoisotopic (exact) mass is 222 g/mol. The number of Topliss-reactive ketones (excluding diaryl/α,β-unsaturated/α-hetero) is 1. The number of nitrogens with one attached hydrogen (secondary N) is 1. The van der Waals surface area contributed by atoms with E-state index >= 15 is 0 Å². The Kier molecular flexibility index (Phi) is 3.74. The van der Waals surface area contributed by atoms with Gasteiger partial charge in [0.25, 0.3) is 0 Å². The molecule has 1 saturated carbocycles. The van der Waals surface area contributed by atoms with Crippen LogP contribution in [0.4, 0.5) is 0 Å². The molecule has 0 radical (unpaired) electrons. The van der Waals surface area contributed by atoms with Gasteiger partial charge < -0.3 is 15.5 Å². The molecule has 0 amide bonds. The molecule has 2 atom stereocenters. The Morgan fingerprint density at radius 3 is 3.00 bits per heavy atom. The van der Waals surface area contributed by atoms with Crippen molar-refractivity contribution < 1.29 is 9.21 Å². The van der Waals surface area contributed by atoms with Crippen molar-refractivity contribution in [1.82, 2.24) is 5.32 Å². The smallest absolute Gasteiger partial charge is 0.211 e. The van der Waals surface area contributed by atoms with Gasteiger partial charge in [0.2, 0.25) is 5.78 Å². The summed E-state index contributed by atoms with van der Waals surface area (Å²) < 4.78 is 5.04. The zero-order valence-electron chi connectivity index (χ0n) is 9.32. The minimum Gasteiger partial charge on any atom is -0.461 e. The number of rotatable bonds is 4. The Balaban J connectivity index is 1.80. The van der Waals surface area contributed by atoms with Crippen molar-refractivity contribution in [2.45, 2.75) is 37.8 Å². The van der Waals surface area contributed by atoms with E-state index in [1.54, 1.807) is 12.1 Å². The topological polar surface area (TPSA) is 68.3 Å². The molecule has 0 bridgehead atoms. The summed E-state index contributed by atoms with van der Waals surface area (Å²) in [6.07, 6.45) is 6.02. The highest BCUT2D eigenvalue weighted by Gasteiger charge is 2.22. The fourth-order valence-electron chi connectivity index (χ4n) is 2.16. The normalized spacial score (nSPS) is 25.6. The van der Waals surface area contributed by atoms with Crippen LogP contribution >= 0.6 is 0 Å². The molecular weight excluding hydrogens is 204 g/mol. The maximum absolute atomic E-state index is 11.7. The Morgan fingerprint density at radius 2 is 2.31 bits per heavy atom. The average Bonchev–Trinajstić information content (AvgIpc) is 2.81. The van der Waals surface area contributed by atoms with Gasteiger partial charge in [-0.05, 0) is 25.0 Å². The highest BCUT2D eigenvalue weighted by Crippen LogP contribution is 2.16. The first kappa shape index (κ1) is 11.4. The third kappa shape index (κ3) is 2.71. The number of furan rings is 1. The Hall–Kier alpha value is -1.13. The SMILES string of the molecule is N[C@H]1CCCC[C@H]1NCC(=O)c1ccco1. The fourth-order valence-corrected chi connectivity index (χ4v) is 2.16. The summed E-state index contributed by atoms with van der Waals surface area (Å²) in [5.41, 5.74) is 5.99. The molecule has 3 N–H and O–H groups in total. The van der Waals surface area contributed by atoms with Crippen LogP contribution in [0, 0.1) is 0 Å². The molecule has 4 nitrogen and oxygen atoms in total. The highest BCUT2D eigenvalue weighted by molar-refractivity contribution is 5.95. The van der Waals surface area contributed by atoms with Crippen LogP contribution in [0.5, 0.6) is 0 Å². The quantitative estimate of drug-likeness (QED) is 0.754. The molecule has 1 aliphatic carbocycles. The molecule has 4 heteroatoms. The van der Waals surface area contributed by atoms with E-state index in [0.29, 0.717) is 12.3 Å². The molecule has 1 fully saturated rings. The van der Waals surface area contributed by atoms with Gasteiger partial charge in [0.1, 0.15) is 0 Å². The first-order valence-electron chi connectivity index (χ1n) is 5.83. The Bertz CT molecular complexity index is 335. The number of carbonyl (C=O) groups excluding carboxylic acids is 1. The molecule has 0 aromatic carbocycles. The first-order valence-corrected chi connectivity index (χ1v) is 5.83. The van der Waals surface area contributed by atoms with Gasteiger partial charge in [-0.25, -0.2) is 0 Å². The van der Waals surface area contributed by atoms with E-state index in [2.05, 4.69) is 5.32 Å². The predicted molar refractivity (Wildman–Crippen MR) is 61.3 cm³/mol. The second kappa shape index (κ2) is 5.27. The standard InChI is InChI=1S/C12H18N2O2/c13-9-4-1-2-5-10(9)14-8-11(15)12-6-3-7-16-12/h3,6-7,9-10,14H,1-2,4-5,8,13H2/t9-,10+/m0/s1. The van der Waals surface area contributed by atoms with Crippen molar-refractivity contribution in [2.75, 3.05) is 6.54 Å². The van der Waals surface area contributed by atoms with Gasteiger partial charge in [-0.1, -0.05) is 12.8 Å². The predicted octanol–water partition coefficient (Wildman–Crippen LogP) is 1.32. The van der Waals surface area contributed by atoms with Gasteiger partial charge in [-0.3, -0.25) is 4.79 Å². The van der Waals surface area contributed by atoms with Crippen LogP contribution in [0.15, 0.2) is 22.8 Å². The van der Waals surface area contributed by atoms with Crippen LogP contribution < -0.4 is 11.1 Å².